The molecule has 0 unspecified atom stereocenters. The van der Waals surface area contributed by atoms with E-state index < -0.39 is 0 Å². The van der Waals surface area contributed by atoms with Gasteiger partial charge in [-0.05, 0) is 38.9 Å². The average Bonchev–Trinajstić information content (AvgIpc) is 2.63. The van der Waals surface area contributed by atoms with Gasteiger partial charge in [-0.1, -0.05) is 20.8 Å². The quantitative estimate of drug-likeness (QED) is 0.382. The van der Waals surface area contributed by atoms with Crippen molar-refractivity contribution in [3.63, 3.8) is 0 Å². The van der Waals surface area contributed by atoms with Gasteiger partial charge >= 0.3 is 0 Å². The van der Waals surface area contributed by atoms with E-state index in [4.69, 9.17) is 0 Å². The van der Waals surface area contributed by atoms with Gasteiger partial charge in [0.1, 0.15) is 0 Å². The van der Waals surface area contributed by atoms with Crippen LogP contribution in [-0.2, 0) is 14.4 Å². The first-order valence-corrected chi connectivity index (χ1v) is 9.55. The van der Waals surface area contributed by atoms with Gasteiger partial charge in [0.05, 0.1) is 0 Å². The van der Waals surface area contributed by atoms with Crippen molar-refractivity contribution in [3.8, 4) is 0 Å². The summed E-state index contributed by atoms with van der Waals surface area (Å²) in [5, 5.41) is 8.66. The minimum absolute atomic E-state index is 0.0797. The highest BCUT2D eigenvalue weighted by Crippen LogP contribution is 1.97. The van der Waals surface area contributed by atoms with Gasteiger partial charge in [0.15, 0.2) is 0 Å². The second-order valence-corrected chi connectivity index (χ2v) is 6.01. The molecule has 0 aliphatic carbocycles. The van der Waals surface area contributed by atoms with Crippen LogP contribution >= 0.6 is 0 Å². The van der Waals surface area contributed by atoms with Gasteiger partial charge in [0.2, 0.25) is 17.7 Å². The van der Waals surface area contributed by atoms with Crippen LogP contribution < -0.4 is 16.0 Å². The normalized spacial score (nSPS) is 10.6. The highest BCUT2D eigenvalue weighted by Gasteiger charge is 2.06. The number of carbonyl (C=O) groups is 3. The zero-order valence-corrected chi connectivity index (χ0v) is 16.2. The molecule has 7 nitrogen and oxygen atoms in total. The summed E-state index contributed by atoms with van der Waals surface area (Å²) in [6, 6.07) is 0. The molecule has 0 fully saturated rings. The lowest BCUT2D eigenvalue weighted by Gasteiger charge is -2.22. The third-order valence-corrected chi connectivity index (χ3v) is 3.88. The smallest absolute Gasteiger partial charge is 0.219 e. The van der Waals surface area contributed by atoms with Crippen molar-refractivity contribution < 1.29 is 14.4 Å². The van der Waals surface area contributed by atoms with E-state index in [1.807, 2.05) is 20.8 Å². The number of rotatable bonds is 15. The van der Waals surface area contributed by atoms with Crippen LogP contribution in [0.15, 0.2) is 0 Å². The molecular weight excluding hydrogens is 320 g/mol. The lowest BCUT2D eigenvalue weighted by molar-refractivity contribution is -0.121. The van der Waals surface area contributed by atoms with E-state index in [9.17, 15) is 14.4 Å². The summed E-state index contributed by atoms with van der Waals surface area (Å²) in [4.78, 5) is 36.1. The van der Waals surface area contributed by atoms with Gasteiger partial charge in [-0.25, -0.2) is 0 Å². The van der Waals surface area contributed by atoms with Crippen LogP contribution in [0.2, 0.25) is 0 Å². The monoisotopic (exact) mass is 356 g/mol. The Morgan fingerprint density at radius 3 is 1.12 bits per heavy atom. The van der Waals surface area contributed by atoms with Crippen molar-refractivity contribution in [2.24, 2.45) is 0 Å². The molecule has 0 aliphatic rings. The maximum Gasteiger partial charge on any atom is 0.219 e. The molecule has 0 spiro atoms. The molecule has 3 amide bonds. The zero-order valence-electron chi connectivity index (χ0n) is 16.2. The van der Waals surface area contributed by atoms with Crippen molar-refractivity contribution in [1.82, 2.24) is 20.9 Å². The summed E-state index contributed by atoms with van der Waals surface area (Å²) >= 11 is 0. The minimum atomic E-state index is 0.0797. The molecule has 0 atom stereocenters. The standard InChI is InChI=1S/C18H36N4O3/c1-4-16(23)19-10-7-13-22(14-8-11-20-17(24)5-2)15-9-12-21-18(25)6-3/h4-15H2,1-3H3,(H,19,23)(H,20,24)(H,21,25). The Bertz CT molecular complexity index is 331. The molecule has 0 saturated carbocycles. The Morgan fingerprint density at radius 2 is 0.880 bits per heavy atom. The second kappa shape index (κ2) is 15.9. The summed E-state index contributed by atoms with van der Waals surface area (Å²) in [6.45, 7) is 10.3. The van der Waals surface area contributed by atoms with Gasteiger partial charge in [-0.3, -0.25) is 14.4 Å². The van der Waals surface area contributed by atoms with Crippen LogP contribution in [0.1, 0.15) is 59.3 Å². The molecule has 0 aromatic rings. The molecule has 3 N–H and O–H groups in total. The van der Waals surface area contributed by atoms with E-state index in [1.165, 1.54) is 0 Å². The number of nitrogens with zero attached hydrogens (tertiary/aromatic N) is 1. The van der Waals surface area contributed by atoms with Gasteiger partial charge in [-0.2, -0.15) is 0 Å². The predicted molar refractivity (Wildman–Crippen MR) is 100 cm³/mol. The molecule has 0 aromatic heterocycles. The fraction of sp³-hybridized carbons (Fsp3) is 0.833. The van der Waals surface area contributed by atoms with Gasteiger partial charge in [0.25, 0.3) is 0 Å². The molecule has 7 heteroatoms. The molecule has 0 heterocycles. The number of hydrogen-bond acceptors (Lipinski definition) is 4. The van der Waals surface area contributed by atoms with Crippen LogP contribution in [0, 0.1) is 0 Å². The Hall–Kier alpha value is -1.63. The lowest BCUT2D eigenvalue weighted by atomic mass is 10.2. The minimum Gasteiger partial charge on any atom is -0.356 e. The van der Waals surface area contributed by atoms with E-state index in [1.54, 1.807) is 0 Å². The number of carbonyl (C=O) groups excluding carboxylic acids is 3. The molecule has 0 aliphatic heterocycles. The molecule has 0 aromatic carbocycles. The van der Waals surface area contributed by atoms with Crippen molar-refractivity contribution in [3.05, 3.63) is 0 Å². The topological polar surface area (TPSA) is 90.5 Å². The lowest BCUT2D eigenvalue weighted by Crippen LogP contribution is -2.34. The fourth-order valence-electron chi connectivity index (χ4n) is 2.30. The molecule has 0 saturated heterocycles. The molecule has 25 heavy (non-hydrogen) atoms. The highest BCUT2D eigenvalue weighted by atomic mass is 16.2. The van der Waals surface area contributed by atoms with Crippen LogP contribution in [0.5, 0.6) is 0 Å². The number of hydrogen-bond donors (Lipinski definition) is 3. The zero-order chi connectivity index (χ0) is 18.9. The van der Waals surface area contributed by atoms with Crippen molar-refractivity contribution >= 4 is 17.7 Å². The molecule has 0 rings (SSSR count). The summed E-state index contributed by atoms with van der Waals surface area (Å²) in [7, 11) is 0. The molecular formula is C18H36N4O3. The van der Waals surface area contributed by atoms with E-state index in [0.717, 1.165) is 38.9 Å². The fourth-order valence-corrected chi connectivity index (χ4v) is 2.30. The van der Waals surface area contributed by atoms with E-state index in [0.29, 0.717) is 38.9 Å². The average molecular weight is 357 g/mol. The molecule has 0 radical (unpaired) electrons. The first-order chi connectivity index (χ1) is 12.0. The Balaban J connectivity index is 4.05. The van der Waals surface area contributed by atoms with Gasteiger partial charge < -0.3 is 20.9 Å². The summed E-state index contributed by atoms with van der Waals surface area (Å²) < 4.78 is 0. The van der Waals surface area contributed by atoms with E-state index >= 15 is 0 Å². The molecule has 146 valence electrons. The van der Waals surface area contributed by atoms with E-state index in [2.05, 4.69) is 20.9 Å². The Morgan fingerprint density at radius 1 is 0.600 bits per heavy atom. The molecule has 0 bridgehead atoms. The van der Waals surface area contributed by atoms with Crippen molar-refractivity contribution in [1.29, 1.82) is 0 Å². The highest BCUT2D eigenvalue weighted by molar-refractivity contribution is 5.76. The van der Waals surface area contributed by atoms with E-state index in [-0.39, 0.29) is 17.7 Å². The van der Waals surface area contributed by atoms with Gasteiger partial charge in [0, 0.05) is 38.9 Å². The Kier molecular flexibility index (Phi) is 14.8. The summed E-state index contributed by atoms with van der Waals surface area (Å²) in [6.07, 6.45) is 4.23. The van der Waals surface area contributed by atoms with Crippen molar-refractivity contribution in [2.75, 3.05) is 39.3 Å². The first-order valence-electron chi connectivity index (χ1n) is 9.55. The third kappa shape index (κ3) is 14.4. The first kappa shape index (κ1) is 23.4. The number of amides is 3. The SMILES string of the molecule is CCC(=O)NCCCN(CCCNC(=O)CC)CCCNC(=O)CC. The second-order valence-electron chi connectivity index (χ2n) is 6.01. The third-order valence-electron chi connectivity index (χ3n) is 3.88. The number of nitrogens with one attached hydrogen (secondary N) is 3. The summed E-state index contributed by atoms with van der Waals surface area (Å²) in [5.74, 6) is 0.239. The van der Waals surface area contributed by atoms with Crippen molar-refractivity contribution in [2.45, 2.75) is 59.3 Å². The van der Waals surface area contributed by atoms with Crippen LogP contribution in [0.25, 0.3) is 0 Å². The van der Waals surface area contributed by atoms with Crippen LogP contribution in [0.3, 0.4) is 0 Å². The predicted octanol–water partition coefficient (Wildman–Crippen LogP) is 1.04. The van der Waals surface area contributed by atoms with Crippen LogP contribution in [-0.4, -0.2) is 61.9 Å². The summed E-state index contributed by atoms with van der Waals surface area (Å²) in [5.41, 5.74) is 0. The Labute approximate surface area is 152 Å². The van der Waals surface area contributed by atoms with Gasteiger partial charge in [-0.15, -0.1) is 0 Å². The largest absolute Gasteiger partial charge is 0.356 e. The maximum absolute atomic E-state index is 11.3. The van der Waals surface area contributed by atoms with Crippen LogP contribution in [0.4, 0.5) is 0 Å². The maximum atomic E-state index is 11.3.